The highest BCUT2D eigenvalue weighted by atomic mass is 79.9. The van der Waals surface area contributed by atoms with Gasteiger partial charge in [-0.05, 0) is 25.1 Å². The van der Waals surface area contributed by atoms with Crippen molar-refractivity contribution < 1.29 is 19.1 Å². The molecule has 0 bridgehead atoms. The maximum absolute atomic E-state index is 13.2. The van der Waals surface area contributed by atoms with Gasteiger partial charge in [-0.3, -0.25) is 4.79 Å². The number of carboxylic acids is 1. The number of aliphatic carboxylic acids is 1. The Hall–Kier alpha value is -1.63. The fourth-order valence-corrected chi connectivity index (χ4v) is 1.37. The summed E-state index contributed by atoms with van der Waals surface area (Å²) in [5.74, 6) is -1.78. The Kier molecular flexibility index (Phi) is 4.45. The smallest absolute Gasteiger partial charge is 0.325 e. The first-order valence-corrected chi connectivity index (χ1v) is 5.45. The molecule has 1 aromatic carbocycles. The number of carbonyl (C=O) groups excluding carboxylic acids is 1. The first kappa shape index (κ1) is 13.4. The van der Waals surface area contributed by atoms with Gasteiger partial charge in [0.2, 0.25) is 0 Å². The minimum Gasteiger partial charge on any atom is -0.480 e. The van der Waals surface area contributed by atoms with Gasteiger partial charge in [-0.2, -0.15) is 0 Å². The van der Waals surface area contributed by atoms with Gasteiger partial charge in [-0.1, -0.05) is 15.9 Å². The third-order valence-electron chi connectivity index (χ3n) is 1.89. The number of urea groups is 1. The van der Waals surface area contributed by atoms with E-state index in [0.717, 1.165) is 0 Å². The molecule has 17 heavy (non-hydrogen) atoms. The van der Waals surface area contributed by atoms with Crippen LogP contribution in [0.4, 0.5) is 14.9 Å². The highest BCUT2D eigenvalue weighted by molar-refractivity contribution is 9.10. The molecule has 1 aromatic rings. The molecule has 0 radical (unpaired) electrons. The second-order valence-electron chi connectivity index (χ2n) is 3.28. The van der Waals surface area contributed by atoms with Crippen molar-refractivity contribution in [1.29, 1.82) is 0 Å². The van der Waals surface area contributed by atoms with E-state index >= 15 is 0 Å². The van der Waals surface area contributed by atoms with Crippen LogP contribution in [0.2, 0.25) is 0 Å². The molecule has 92 valence electrons. The van der Waals surface area contributed by atoms with Gasteiger partial charge in [0, 0.05) is 4.47 Å². The molecule has 2 amide bonds. The monoisotopic (exact) mass is 304 g/mol. The Morgan fingerprint density at radius 1 is 1.47 bits per heavy atom. The number of carbonyl (C=O) groups is 2. The zero-order valence-corrected chi connectivity index (χ0v) is 10.4. The van der Waals surface area contributed by atoms with Gasteiger partial charge in [0.25, 0.3) is 0 Å². The summed E-state index contributed by atoms with van der Waals surface area (Å²) in [5.41, 5.74) is -0.0329. The van der Waals surface area contributed by atoms with Crippen molar-refractivity contribution in [1.82, 2.24) is 5.32 Å². The van der Waals surface area contributed by atoms with Gasteiger partial charge in [0.05, 0.1) is 5.69 Å². The van der Waals surface area contributed by atoms with Crippen molar-refractivity contribution in [2.45, 2.75) is 13.0 Å². The van der Waals surface area contributed by atoms with E-state index in [1.807, 2.05) is 0 Å². The summed E-state index contributed by atoms with van der Waals surface area (Å²) in [6, 6.07) is 2.21. The van der Waals surface area contributed by atoms with Crippen LogP contribution in [0.15, 0.2) is 22.7 Å². The molecule has 0 saturated heterocycles. The first-order valence-electron chi connectivity index (χ1n) is 4.65. The van der Waals surface area contributed by atoms with Crippen LogP contribution in [0, 0.1) is 5.82 Å². The van der Waals surface area contributed by atoms with Crippen LogP contribution in [0.1, 0.15) is 6.92 Å². The van der Waals surface area contributed by atoms with Crippen LogP contribution in [-0.2, 0) is 4.79 Å². The van der Waals surface area contributed by atoms with Crippen molar-refractivity contribution in [3.05, 3.63) is 28.5 Å². The van der Waals surface area contributed by atoms with E-state index in [1.165, 1.54) is 25.1 Å². The van der Waals surface area contributed by atoms with Crippen molar-refractivity contribution in [3.8, 4) is 0 Å². The van der Waals surface area contributed by atoms with Gasteiger partial charge in [0.15, 0.2) is 0 Å². The number of anilines is 1. The number of carboxylic acid groups (broad SMARTS) is 1. The minimum atomic E-state index is -1.17. The Morgan fingerprint density at radius 3 is 2.71 bits per heavy atom. The van der Waals surface area contributed by atoms with Crippen LogP contribution in [-0.4, -0.2) is 23.1 Å². The third kappa shape index (κ3) is 4.03. The van der Waals surface area contributed by atoms with Gasteiger partial charge >= 0.3 is 12.0 Å². The molecule has 0 spiro atoms. The summed E-state index contributed by atoms with van der Waals surface area (Å²) in [5, 5.41) is 12.9. The molecule has 0 aliphatic rings. The largest absolute Gasteiger partial charge is 0.480 e. The molecule has 0 fully saturated rings. The molecule has 0 unspecified atom stereocenters. The van der Waals surface area contributed by atoms with E-state index in [0.29, 0.717) is 4.47 Å². The zero-order chi connectivity index (χ0) is 13.0. The van der Waals surface area contributed by atoms with Crippen molar-refractivity contribution in [2.24, 2.45) is 0 Å². The SMILES string of the molecule is C[C@@H](NC(=O)Nc1cc(Br)ccc1F)C(=O)O. The average molecular weight is 305 g/mol. The molecule has 0 aromatic heterocycles. The van der Waals surface area contributed by atoms with E-state index in [2.05, 4.69) is 26.6 Å². The third-order valence-corrected chi connectivity index (χ3v) is 2.39. The summed E-state index contributed by atoms with van der Waals surface area (Å²) in [6.45, 7) is 1.30. The highest BCUT2D eigenvalue weighted by Crippen LogP contribution is 2.19. The molecule has 0 aliphatic carbocycles. The van der Waals surface area contributed by atoms with E-state index in [-0.39, 0.29) is 5.69 Å². The molecule has 0 aliphatic heterocycles. The Morgan fingerprint density at radius 2 is 2.12 bits per heavy atom. The molecule has 3 N–H and O–H groups in total. The summed E-state index contributed by atoms with van der Waals surface area (Å²) in [4.78, 5) is 21.8. The maximum Gasteiger partial charge on any atom is 0.325 e. The zero-order valence-electron chi connectivity index (χ0n) is 8.83. The number of rotatable bonds is 3. The molecular formula is C10H10BrFN2O3. The number of halogens is 2. The topological polar surface area (TPSA) is 78.4 Å². The molecule has 7 heteroatoms. The average Bonchev–Trinajstić information content (AvgIpc) is 2.23. The Bertz CT molecular complexity index is 453. The lowest BCUT2D eigenvalue weighted by Crippen LogP contribution is -2.41. The quantitative estimate of drug-likeness (QED) is 0.801. The van der Waals surface area contributed by atoms with Crippen molar-refractivity contribution >= 4 is 33.6 Å². The summed E-state index contributed by atoms with van der Waals surface area (Å²) >= 11 is 3.13. The number of hydrogen-bond donors (Lipinski definition) is 3. The van der Waals surface area contributed by atoms with Crippen LogP contribution in [0.25, 0.3) is 0 Å². The van der Waals surface area contributed by atoms with E-state index in [9.17, 15) is 14.0 Å². The summed E-state index contributed by atoms with van der Waals surface area (Å²) < 4.78 is 13.8. The van der Waals surface area contributed by atoms with E-state index < -0.39 is 23.9 Å². The van der Waals surface area contributed by atoms with Crippen LogP contribution < -0.4 is 10.6 Å². The fraction of sp³-hybridized carbons (Fsp3) is 0.200. The van der Waals surface area contributed by atoms with E-state index in [4.69, 9.17) is 5.11 Å². The number of nitrogens with one attached hydrogen (secondary N) is 2. The lowest BCUT2D eigenvalue weighted by molar-refractivity contribution is -0.138. The summed E-state index contributed by atoms with van der Waals surface area (Å²) in [6.07, 6.45) is 0. The molecular weight excluding hydrogens is 295 g/mol. The molecule has 1 atom stereocenters. The van der Waals surface area contributed by atoms with Gasteiger partial charge in [-0.15, -0.1) is 0 Å². The fourth-order valence-electron chi connectivity index (χ4n) is 1.01. The van der Waals surface area contributed by atoms with Crippen LogP contribution >= 0.6 is 15.9 Å². The van der Waals surface area contributed by atoms with Crippen LogP contribution in [0.3, 0.4) is 0 Å². The van der Waals surface area contributed by atoms with Gasteiger partial charge in [0.1, 0.15) is 11.9 Å². The predicted molar refractivity (Wildman–Crippen MR) is 63.4 cm³/mol. The molecule has 0 heterocycles. The number of amides is 2. The number of benzene rings is 1. The van der Waals surface area contributed by atoms with Gasteiger partial charge in [-0.25, -0.2) is 9.18 Å². The van der Waals surface area contributed by atoms with E-state index in [1.54, 1.807) is 0 Å². The normalized spacial score (nSPS) is 11.7. The Balaban J connectivity index is 2.68. The number of hydrogen-bond acceptors (Lipinski definition) is 2. The lowest BCUT2D eigenvalue weighted by atomic mass is 10.3. The maximum atomic E-state index is 13.2. The highest BCUT2D eigenvalue weighted by Gasteiger charge is 2.14. The molecule has 1 rings (SSSR count). The van der Waals surface area contributed by atoms with Crippen LogP contribution in [0.5, 0.6) is 0 Å². The predicted octanol–water partition coefficient (Wildman–Crippen LogP) is 2.18. The lowest BCUT2D eigenvalue weighted by Gasteiger charge is -2.11. The molecule has 5 nitrogen and oxygen atoms in total. The second-order valence-corrected chi connectivity index (χ2v) is 4.20. The van der Waals surface area contributed by atoms with Gasteiger partial charge < -0.3 is 15.7 Å². The minimum absolute atomic E-state index is 0.0329. The molecule has 0 saturated carbocycles. The van der Waals surface area contributed by atoms with Crippen molar-refractivity contribution in [2.75, 3.05) is 5.32 Å². The summed E-state index contributed by atoms with van der Waals surface area (Å²) in [7, 11) is 0. The standard InChI is InChI=1S/C10H10BrFN2O3/c1-5(9(15)16)13-10(17)14-8-4-6(11)2-3-7(8)12/h2-5H,1H3,(H,15,16)(H2,13,14,17)/t5-/m1/s1. The Labute approximate surface area is 105 Å². The van der Waals surface area contributed by atoms with Crippen molar-refractivity contribution in [3.63, 3.8) is 0 Å². The second kappa shape index (κ2) is 5.62. The first-order chi connectivity index (χ1) is 7.90.